The Bertz CT molecular complexity index is 517. The van der Waals surface area contributed by atoms with Gasteiger partial charge in [-0.25, -0.2) is 0 Å². The van der Waals surface area contributed by atoms with Crippen molar-refractivity contribution >= 4 is 6.08 Å². The van der Waals surface area contributed by atoms with Gasteiger partial charge in [-0.1, -0.05) is 0 Å². The molecule has 0 fully saturated rings. The minimum absolute atomic E-state index is 0.396. The summed E-state index contributed by atoms with van der Waals surface area (Å²) >= 11 is -1.59. The van der Waals surface area contributed by atoms with Crippen molar-refractivity contribution in [2.24, 2.45) is 5.41 Å². The second-order valence-electron chi connectivity index (χ2n) is 7.57. The van der Waals surface area contributed by atoms with Crippen molar-refractivity contribution in [1.82, 2.24) is 0 Å². The molecule has 1 heteroatoms. The zero-order valence-electron chi connectivity index (χ0n) is 13.5. The van der Waals surface area contributed by atoms with Gasteiger partial charge < -0.3 is 0 Å². The summed E-state index contributed by atoms with van der Waals surface area (Å²) in [6.45, 7) is 11.6. The average molecular weight is 422 g/mol. The van der Waals surface area contributed by atoms with Gasteiger partial charge in [-0.2, -0.15) is 0 Å². The van der Waals surface area contributed by atoms with Crippen molar-refractivity contribution in [3.63, 3.8) is 0 Å². The van der Waals surface area contributed by atoms with Gasteiger partial charge >= 0.3 is 127 Å². The molecule has 1 aromatic rings. The van der Waals surface area contributed by atoms with Crippen LogP contribution in [-0.4, -0.2) is 0 Å². The fourth-order valence-corrected chi connectivity index (χ4v) is 10.7. The van der Waals surface area contributed by atoms with Crippen LogP contribution in [0.25, 0.3) is 6.08 Å². The molecule has 0 bridgehead atoms. The van der Waals surface area contributed by atoms with E-state index in [4.69, 9.17) is 0 Å². The summed E-state index contributed by atoms with van der Waals surface area (Å²) in [4.78, 5) is 0. The maximum atomic E-state index is 2.57. The number of hydrogen-bond donors (Lipinski definition) is 0. The Hall–Kier alpha value is -0.170. The Labute approximate surface area is 126 Å². The molecule has 19 heavy (non-hydrogen) atoms. The topological polar surface area (TPSA) is 0 Å². The quantitative estimate of drug-likeness (QED) is 0.539. The molecule has 1 aromatic carbocycles. The van der Waals surface area contributed by atoms with Gasteiger partial charge in [0.1, 0.15) is 0 Å². The van der Waals surface area contributed by atoms with E-state index in [1.807, 2.05) is 0 Å². The van der Waals surface area contributed by atoms with E-state index >= 15 is 0 Å². The molecule has 1 aliphatic rings. The molecule has 0 heterocycles. The van der Waals surface area contributed by atoms with E-state index in [1.165, 1.54) is 23.1 Å². The second kappa shape index (κ2) is 4.98. The van der Waals surface area contributed by atoms with Crippen LogP contribution in [-0.2, 0) is 24.6 Å². The van der Waals surface area contributed by atoms with E-state index in [0.29, 0.717) is 8.59 Å². The van der Waals surface area contributed by atoms with Crippen LogP contribution in [0.5, 0.6) is 0 Å². The van der Waals surface area contributed by atoms with Crippen molar-refractivity contribution in [2.75, 3.05) is 0 Å². The standard InChI is InChI=1S/C16H21.2CH3.Hf/c1-11-8-13-6-7-14(10-16(3,4)5)15(13)9-12(11)2;;;/h6-9H,10H2,1-5H3;2*1H3;. The first-order valence-corrected chi connectivity index (χ1v) is 16.3. The molecule has 1 unspecified atom stereocenters. The Kier molecular flexibility index (Phi) is 3.99. The molecule has 0 aliphatic heterocycles. The molecule has 0 saturated heterocycles. The van der Waals surface area contributed by atoms with E-state index in [-0.39, 0.29) is 0 Å². The predicted octanol–water partition coefficient (Wildman–Crippen LogP) is 5.68. The monoisotopic (exact) mass is 423 g/mol. The SMILES string of the molecule is Cc1cc2c(cc1C)[C](CC(C)(C)C)([Hf]([CH3])[CH3])C=C2. The summed E-state index contributed by atoms with van der Waals surface area (Å²) in [5.41, 5.74) is 6.39. The fraction of sp³-hybridized carbons (Fsp3) is 0.556. The second-order valence-corrected chi connectivity index (χ2v) is 18.0. The van der Waals surface area contributed by atoms with Crippen molar-refractivity contribution in [1.29, 1.82) is 0 Å². The first kappa shape index (κ1) is 15.2. The predicted molar refractivity (Wildman–Crippen MR) is 82.4 cm³/mol. The molecule has 103 valence electrons. The molecule has 2 rings (SSSR count). The Morgan fingerprint density at radius 2 is 1.63 bits per heavy atom. The summed E-state index contributed by atoms with van der Waals surface area (Å²) in [6.07, 6.45) is 6.26. The molecule has 0 N–H and O–H groups in total. The normalized spacial score (nSPS) is 21.6. The maximum absolute atomic E-state index is 2.57. The summed E-state index contributed by atoms with van der Waals surface area (Å²) in [5, 5.41) is 0. The van der Waals surface area contributed by atoms with Crippen LogP contribution in [0, 0.1) is 19.3 Å². The number of fused-ring (bicyclic) bond motifs is 1. The average Bonchev–Trinajstić information content (AvgIpc) is 2.57. The van der Waals surface area contributed by atoms with Gasteiger partial charge in [0.25, 0.3) is 0 Å². The van der Waals surface area contributed by atoms with Crippen LogP contribution >= 0.6 is 0 Å². The van der Waals surface area contributed by atoms with E-state index in [9.17, 15) is 0 Å². The third-order valence-corrected chi connectivity index (χ3v) is 13.0. The van der Waals surface area contributed by atoms with E-state index < -0.39 is 21.4 Å². The van der Waals surface area contributed by atoms with E-state index in [1.54, 1.807) is 5.56 Å². The van der Waals surface area contributed by atoms with Gasteiger partial charge in [-0.15, -0.1) is 0 Å². The van der Waals surface area contributed by atoms with Crippen LogP contribution in [0.2, 0.25) is 9.36 Å². The van der Waals surface area contributed by atoms with Crippen LogP contribution in [0.15, 0.2) is 18.2 Å². The van der Waals surface area contributed by atoms with Crippen LogP contribution < -0.4 is 0 Å². The molecule has 1 atom stereocenters. The van der Waals surface area contributed by atoms with Crippen LogP contribution in [0.3, 0.4) is 0 Å². The van der Waals surface area contributed by atoms with Gasteiger partial charge in [0.15, 0.2) is 0 Å². The number of rotatable bonds is 2. The number of aryl methyl sites for hydroxylation is 2. The molecular formula is C18H27Hf. The number of hydrogen-bond acceptors (Lipinski definition) is 0. The molecule has 0 aromatic heterocycles. The Balaban J connectivity index is 2.57. The summed E-state index contributed by atoms with van der Waals surface area (Å²) < 4.78 is 5.58. The van der Waals surface area contributed by atoms with Gasteiger partial charge in [0.2, 0.25) is 0 Å². The summed E-state index contributed by atoms with van der Waals surface area (Å²) in [6, 6.07) is 4.87. The zero-order chi connectivity index (χ0) is 14.4. The molecule has 1 aliphatic carbocycles. The third kappa shape index (κ3) is 2.82. The molecule has 0 spiro atoms. The fourth-order valence-electron chi connectivity index (χ4n) is 3.29. The van der Waals surface area contributed by atoms with Crippen molar-refractivity contribution in [3.05, 3.63) is 40.5 Å². The van der Waals surface area contributed by atoms with Crippen molar-refractivity contribution < 1.29 is 21.4 Å². The van der Waals surface area contributed by atoms with E-state index in [0.717, 1.165) is 0 Å². The Morgan fingerprint density at radius 1 is 1.05 bits per heavy atom. The molecule has 0 amide bonds. The van der Waals surface area contributed by atoms with Gasteiger partial charge in [0, 0.05) is 0 Å². The Morgan fingerprint density at radius 3 is 2.16 bits per heavy atom. The summed E-state index contributed by atoms with van der Waals surface area (Å²) in [7, 11) is 0. The summed E-state index contributed by atoms with van der Waals surface area (Å²) in [5.74, 6) is 0. The van der Waals surface area contributed by atoms with Crippen LogP contribution in [0.4, 0.5) is 0 Å². The van der Waals surface area contributed by atoms with Gasteiger partial charge in [-0.3, -0.25) is 0 Å². The minimum atomic E-state index is -1.59. The van der Waals surface area contributed by atoms with E-state index in [2.05, 4.69) is 68.3 Å². The molecule has 0 nitrogen and oxygen atoms in total. The number of allylic oxidation sites excluding steroid dienone is 1. The first-order chi connectivity index (χ1) is 8.66. The molecular weight excluding hydrogens is 395 g/mol. The zero-order valence-corrected chi connectivity index (χ0v) is 17.1. The van der Waals surface area contributed by atoms with Crippen LogP contribution in [0.1, 0.15) is 49.4 Å². The number of benzene rings is 1. The van der Waals surface area contributed by atoms with Crippen molar-refractivity contribution in [3.8, 4) is 0 Å². The van der Waals surface area contributed by atoms with Gasteiger partial charge in [-0.05, 0) is 0 Å². The molecule has 0 saturated carbocycles. The first-order valence-electron chi connectivity index (χ1n) is 7.27. The van der Waals surface area contributed by atoms with Gasteiger partial charge in [0.05, 0.1) is 0 Å². The van der Waals surface area contributed by atoms with Crippen molar-refractivity contribution in [2.45, 2.75) is 53.6 Å². The molecule has 0 radical (unpaired) electrons. The third-order valence-electron chi connectivity index (χ3n) is 4.40.